The first-order valence-electron chi connectivity index (χ1n) is 8.70. The molecule has 2 aromatic rings. The standard InChI is InChI=1S/C17H22N6O3/c1-3-11-13(18-17(26)23-8-6-10(2)7-9-23)5-4-12(16(24)25)14(11)15-19-21-22-20-15/h4-5,10H,3,6-9H2,1-2H3,(H,18,26)(H,24,25)(H,19,20,21,22). The molecule has 0 spiro atoms. The van der Waals surface area contributed by atoms with Crippen LogP contribution in [0.4, 0.5) is 10.5 Å². The van der Waals surface area contributed by atoms with Crippen LogP contribution in [0, 0.1) is 5.92 Å². The zero-order chi connectivity index (χ0) is 18.7. The van der Waals surface area contributed by atoms with E-state index in [1.165, 1.54) is 6.07 Å². The Morgan fingerprint density at radius 3 is 2.65 bits per heavy atom. The van der Waals surface area contributed by atoms with Crippen LogP contribution in [-0.2, 0) is 6.42 Å². The number of carboxylic acids is 1. The second-order valence-electron chi connectivity index (χ2n) is 6.51. The molecule has 0 radical (unpaired) electrons. The summed E-state index contributed by atoms with van der Waals surface area (Å²) in [7, 11) is 0. The van der Waals surface area contributed by atoms with Gasteiger partial charge in [0.2, 0.25) is 5.82 Å². The Morgan fingerprint density at radius 1 is 1.35 bits per heavy atom. The minimum Gasteiger partial charge on any atom is -0.478 e. The van der Waals surface area contributed by atoms with Crippen molar-refractivity contribution in [2.45, 2.75) is 33.1 Å². The van der Waals surface area contributed by atoms with E-state index in [9.17, 15) is 14.7 Å². The van der Waals surface area contributed by atoms with Gasteiger partial charge in [-0.2, -0.15) is 5.21 Å². The van der Waals surface area contributed by atoms with E-state index in [1.807, 2.05) is 6.92 Å². The zero-order valence-electron chi connectivity index (χ0n) is 14.8. The third kappa shape index (κ3) is 3.51. The first-order valence-corrected chi connectivity index (χ1v) is 8.70. The predicted molar refractivity (Wildman–Crippen MR) is 94.9 cm³/mol. The van der Waals surface area contributed by atoms with Crippen LogP contribution < -0.4 is 5.32 Å². The lowest BCUT2D eigenvalue weighted by Gasteiger charge is -2.30. The number of aromatic amines is 1. The van der Waals surface area contributed by atoms with Gasteiger partial charge in [0.15, 0.2) is 0 Å². The SMILES string of the molecule is CCc1c(NC(=O)N2CCC(C)CC2)ccc(C(=O)O)c1-c1nn[nH]n1. The summed E-state index contributed by atoms with van der Waals surface area (Å²) in [5.74, 6) is -0.255. The quantitative estimate of drug-likeness (QED) is 0.771. The van der Waals surface area contributed by atoms with Crippen molar-refractivity contribution < 1.29 is 14.7 Å². The number of nitrogens with zero attached hydrogens (tertiary/aromatic N) is 4. The molecule has 0 atom stereocenters. The average Bonchev–Trinajstić information content (AvgIpc) is 3.15. The van der Waals surface area contributed by atoms with Crippen molar-refractivity contribution in [3.05, 3.63) is 23.3 Å². The molecule has 3 rings (SSSR count). The molecule has 0 bridgehead atoms. The average molecular weight is 358 g/mol. The van der Waals surface area contributed by atoms with Gasteiger partial charge >= 0.3 is 12.0 Å². The molecule has 9 heteroatoms. The van der Waals surface area contributed by atoms with Crippen molar-refractivity contribution in [1.29, 1.82) is 0 Å². The van der Waals surface area contributed by atoms with Crippen molar-refractivity contribution in [3.8, 4) is 11.4 Å². The molecule has 26 heavy (non-hydrogen) atoms. The number of hydrogen-bond acceptors (Lipinski definition) is 5. The number of urea groups is 1. The number of hydrogen-bond donors (Lipinski definition) is 3. The van der Waals surface area contributed by atoms with E-state index in [0.717, 1.165) is 25.9 Å². The van der Waals surface area contributed by atoms with E-state index in [1.54, 1.807) is 11.0 Å². The number of tetrazole rings is 1. The predicted octanol–water partition coefficient (Wildman–Crippen LogP) is 2.39. The van der Waals surface area contributed by atoms with E-state index in [-0.39, 0.29) is 17.4 Å². The second-order valence-corrected chi connectivity index (χ2v) is 6.51. The molecule has 0 aliphatic carbocycles. The highest BCUT2D eigenvalue weighted by Crippen LogP contribution is 2.31. The first-order chi connectivity index (χ1) is 12.5. The van der Waals surface area contributed by atoms with Crippen LogP contribution in [0.3, 0.4) is 0 Å². The number of aromatic carboxylic acids is 1. The van der Waals surface area contributed by atoms with Gasteiger partial charge in [-0.15, -0.1) is 10.2 Å². The van der Waals surface area contributed by atoms with Crippen LogP contribution in [0.2, 0.25) is 0 Å². The molecular formula is C17H22N6O3. The number of H-pyrrole nitrogens is 1. The Labute approximate surface area is 150 Å². The van der Waals surface area contributed by atoms with Gasteiger partial charge in [0.1, 0.15) is 0 Å². The molecule has 1 aliphatic heterocycles. The van der Waals surface area contributed by atoms with Gasteiger partial charge in [-0.25, -0.2) is 9.59 Å². The third-order valence-corrected chi connectivity index (χ3v) is 4.78. The number of carbonyl (C=O) groups is 2. The van der Waals surface area contributed by atoms with Crippen LogP contribution in [0.25, 0.3) is 11.4 Å². The number of aromatic nitrogens is 4. The van der Waals surface area contributed by atoms with Crippen LogP contribution in [-0.4, -0.2) is 55.7 Å². The van der Waals surface area contributed by atoms with E-state index in [0.29, 0.717) is 29.2 Å². The highest BCUT2D eigenvalue weighted by Gasteiger charge is 2.24. The van der Waals surface area contributed by atoms with Gasteiger partial charge in [-0.1, -0.05) is 13.8 Å². The van der Waals surface area contributed by atoms with Crippen molar-refractivity contribution in [2.24, 2.45) is 5.92 Å². The molecule has 3 N–H and O–H groups in total. The molecule has 1 aliphatic rings. The fourth-order valence-electron chi connectivity index (χ4n) is 3.24. The van der Waals surface area contributed by atoms with Gasteiger partial charge in [0, 0.05) is 24.3 Å². The Balaban J connectivity index is 1.94. The maximum Gasteiger partial charge on any atom is 0.336 e. The van der Waals surface area contributed by atoms with Crippen LogP contribution in [0.5, 0.6) is 0 Å². The molecule has 2 heterocycles. The van der Waals surface area contributed by atoms with Crippen LogP contribution in [0.15, 0.2) is 12.1 Å². The van der Waals surface area contributed by atoms with Crippen LogP contribution in [0.1, 0.15) is 42.6 Å². The zero-order valence-corrected chi connectivity index (χ0v) is 14.8. The van der Waals surface area contributed by atoms with Crippen molar-refractivity contribution >= 4 is 17.7 Å². The molecule has 0 saturated carbocycles. The van der Waals surface area contributed by atoms with Gasteiger partial charge < -0.3 is 15.3 Å². The number of piperidine rings is 1. The largest absolute Gasteiger partial charge is 0.478 e. The Hall–Kier alpha value is -2.97. The lowest BCUT2D eigenvalue weighted by molar-refractivity contribution is 0.0697. The topological polar surface area (TPSA) is 124 Å². The van der Waals surface area contributed by atoms with Crippen LogP contribution >= 0.6 is 0 Å². The minimum atomic E-state index is -1.08. The maximum absolute atomic E-state index is 12.6. The maximum atomic E-state index is 12.6. The molecule has 2 amide bonds. The molecule has 9 nitrogen and oxygen atoms in total. The molecule has 1 saturated heterocycles. The summed E-state index contributed by atoms with van der Waals surface area (Å²) in [5, 5.41) is 26.1. The summed E-state index contributed by atoms with van der Waals surface area (Å²) in [6.07, 6.45) is 2.48. The summed E-state index contributed by atoms with van der Waals surface area (Å²) in [6.45, 7) is 5.52. The number of amides is 2. The van der Waals surface area contributed by atoms with Crippen molar-refractivity contribution in [3.63, 3.8) is 0 Å². The summed E-state index contributed by atoms with van der Waals surface area (Å²) in [5.41, 5.74) is 1.69. The summed E-state index contributed by atoms with van der Waals surface area (Å²) in [4.78, 5) is 26.0. The lowest BCUT2D eigenvalue weighted by atomic mass is 9.96. The van der Waals surface area contributed by atoms with Gasteiger partial charge in [-0.3, -0.25) is 0 Å². The fraction of sp³-hybridized carbons (Fsp3) is 0.471. The lowest BCUT2D eigenvalue weighted by Crippen LogP contribution is -2.40. The molecule has 1 aromatic carbocycles. The van der Waals surface area contributed by atoms with Gasteiger partial charge in [-0.05, 0) is 48.1 Å². The van der Waals surface area contributed by atoms with E-state index >= 15 is 0 Å². The summed E-state index contributed by atoms with van der Waals surface area (Å²) in [6, 6.07) is 2.91. The molecular weight excluding hydrogens is 336 g/mol. The number of carbonyl (C=O) groups excluding carboxylic acids is 1. The monoisotopic (exact) mass is 358 g/mol. The Morgan fingerprint density at radius 2 is 2.08 bits per heavy atom. The van der Waals surface area contributed by atoms with Crippen molar-refractivity contribution in [1.82, 2.24) is 25.5 Å². The second kappa shape index (κ2) is 7.51. The smallest absolute Gasteiger partial charge is 0.336 e. The number of benzene rings is 1. The highest BCUT2D eigenvalue weighted by atomic mass is 16.4. The molecule has 1 fully saturated rings. The number of anilines is 1. The third-order valence-electron chi connectivity index (χ3n) is 4.78. The van der Waals surface area contributed by atoms with Gasteiger partial charge in [0.05, 0.1) is 5.56 Å². The van der Waals surface area contributed by atoms with E-state index < -0.39 is 5.97 Å². The summed E-state index contributed by atoms with van der Waals surface area (Å²) < 4.78 is 0. The highest BCUT2D eigenvalue weighted by molar-refractivity contribution is 5.99. The normalized spacial score (nSPS) is 15.1. The Kier molecular flexibility index (Phi) is 5.15. The van der Waals surface area contributed by atoms with E-state index in [2.05, 4.69) is 32.9 Å². The molecule has 1 aromatic heterocycles. The molecule has 0 unspecified atom stereocenters. The Bertz CT molecular complexity index is 797. The number of rotatable bonds is 4. The fourth-order valence-corrected chi connectivity index (χ4v) is 3.24. The number of nitrogens with one attached hydrogen (secondary N) is 2. The molecule has 138 valence electrons. The van der Waals surface area contributed by atoms with Crippen molar-refractivity contribution in [2.75, 3.05) is 18.4 Å². The summed E-state index contributed by atoms with van der Waals surface area (Å²) >= 11 is 0. The van der Waals surface area contributed by atoms with Gasteiger partial charge in [0.25, 0.3) is 0 Å². The number of carboxylic acid groups (broad SMARTS) is 1. The first kappa shape index (κ1) is 17.8. The van der Waals surface area contributed by atoms with E-state index in [4.69, 9.17) is 0 Å². The minimum absolute atomic E-state index is 0.0769. The number of likely N-dealkylation sites (tertiary alicyclic amines) is 1.